The molecule has 0 spiro atoms. The van der Waals surface area contributed by atoms with Gasteiger partial charge in [0, 0.05) is 33.9 Å². The lowest BCUT2D eigenvalue weighted by molar-refractivity contribution is -0.142. The van der Waals surface area contributed by atoms with E-state index in [-0.39, 0.29) is 13.0 Å². The van der Waals surface area contributed by atoms with E-state index in [4.69, 9.17) is 20.3 Å². The predicted octanol–water partition coefficient (Wildman–Crippen LogP) is -0.654. The van der Waals surface area contributed by atoms with E-state index in [0.29, 0.717) is 19.4 Å². The molecule has 7 heteroatoms. The fourth-order valence-corrected chi connectivity index (χ4v) is 1.35. The molecule has 0 saturated carbocycles. The van der Waals surface area contributed by atoms with Gasteiger partial charge in [0.1, 0.15) is 6.04 Å². The van der Waals surface area contributed by atoms with Gasteiger partial charge in [-0.05, 0) is 12.8 Å². The third-order valence-corrected chi connectivity index (χ3v) is 2.43. The van der Waals surface area contributed by atoms with Gasteiger partial charge in [-0.25, -0.2) is 4.79 Å². The number of nitrogens with two attached hydrogens (primary N) is 1. The minimum atomic E-state index is -1.09. The molecule has 0 aromatic carbocycles. The minimum Gasteiger partial charge on any atom is -0.480 e. The highest BCUT2D eigenvalue weighted by Crippen LogP contribution is 1.98. The first-order chi connectivity index (χ1) is 8.52. The molecular formula is C11H22N2O5. The summed E-state index contributed by atoms with van der Waals surface area (Å²) in [6.45, 7) is 0.781. The van der Waals surface area contributed by atoms with E-state index >= 15 is 0 Å². The highest BCUT2D eigenvalue weighted by atomic mass is 16.5. The Morgan fingerprint density at radius 2 is 1.83 bits per heavy atom. The predicted molar refractivity (Wildman–Crippen MR) is 65.1 cm³/mol. The number of nitrogens with one attached hydrogen (secondary N) is 1. The zero-order chi connectivity index (χ0) is 14.0. The summed E-state index contributed by atoms with van der Waals surface area (Å²) in [5, 5.41) is 11.3. The summed E-state index contributed by atoms with van der Waals surface area (Å²) in [7, 11) is 3.04. The van der Waals surface area contributed by atoms with Crippen LogP contribution in [0.15, 0.2) is 0 Å². The maximum absolute atomic E-state index is 11.6. The Hall–Kier alpha value is -1.18. The van der Waals surface area contributed by atoms with Crippen molar-refractivity contribution in [2.75, 3.05) is 27.4 Å². The molecule has 18 heavy (non-hydrogen) atoms. The number of carbonyl (C=O) groups is 2. The molecule has 0 aromatic rings. The maximum Gasteiger partial charge on any atom is 0.326 e. The van der Waals surface area contributed by atoms with E-state index in [1.807, 2.05) is 0 Å². The molecule has 0 aliphatic rings. The number of rotatable bonds is 10. The highest BCUT2D eigenvalue weighted by molar-refractivity contribution is 5.86. The number of carbonyl (C=O) groups excluding carboxylic acids is 1. The second-order valence-electron chi connectivity index (χ2n) is 3.92. The monoisotopic (exact) mass is 262 g/mol. The number of hydrogen-bond acceptors (Lipinski definition) is 5. The van der Waals surface area contributed by atoms with Gasteiger partial charge in [-0.1, -0.05) is 0 Å². The Morgan fingerprint density at radius 1 is 1.22 bits per heavy atom. The van der Waals surface area contributed by atoms with Crippen LogP contribution in [-0.4, -0.2) is 56.5 Å². The lowest BCUT2D eigenvalue weighted by Crippen LogP contribution is -2.48. The molecule has 0 bridgehead atoms. The number of aliphatic carboxylic acids is 1. The van der Waals surface area contributed by atoms with Crippen LogP contribution in [-0.2, 0) is 19.1 Å². The summed E-state index contributed by atoms with van der Waals surface area (Å²) in [5.41, 5.74) is 5.64. The van der Waals surface area contributed by atoms with E-state index in [2.05, 4.69) is 5.32 Å². The van der Waals surface area contributed by atoms with Gasteiger partial charge in [-0.3, -0.25) is 4.79 Å². The van der Waals surface area contributed by atoms with Crippen LogP contribution in [0.5, 0.6) is 0 Å². The van der Waals surface area contributed by atoms with Crippen LogP contribution < -0.4 is 11.1 Å². The van der Waals surface area contributed by atoms with Gasteiger partial charge >= 0.3 is 5.97 Å². The van der Waals surface area contributed by atoms with Crippen molar-refractivity contribution < 1.29 is 24.2 Å². The molecule has 0 aliphatic carbocycles. The number of hydrogen-bond donors (Lipinski definition) is 3. The second-order valence-corrected chi connectivity index (χ2v) is 3.92. The van der Waals surface area contributed by atoms with Crippen LogP contribution in [0.3, 0.4) is 0 Å². The normalized spacial score (nSPS) is 13.9. The van der Waals surface area contributed by atoms with E-state index in [0.717, 1.165) is 0 Å². The SMILES string of the molecule is COCCCC(N)C(=O)NC(CCOC)C(=O)O. The van der Waals surface area contributed by atoms with Crippen LogP contribution in [0.4, 0.5) is 0 Å². The van der Waals surface area contributed by atoms with Gasteiger partial charge in [0.05, 0.1) is 6.04 Å². The van der Waals surface area contributed by atoms with Gasteiger partial charge in [0.15, 0.2) is 0 Å². The smallest absolute Gasteiger partial charge is 0.326 e. The van der Waals surface area contributed by atoms with Gasteiger partial charge < -0.3 is 25.6 Å². The molecule has 0 aliphatic heterocycles. The van der Waals surface area contributed by atoms with E-state index in [1.54, 1.807) is 7.11 Å². The molecule has 0 heterocycles. The van der Waals surface area contributed by atoms with Crippen molar-refractivity contribution in [3.63, 3.8) is 0 Å². The first-order valence-corrected chi connectivity index (χ1v) is 5.79. The number of carboxylic acids is 1. The Labute approximate surface area is 107 Å². The topological polar surface area (TPSA) is 111 Å². The van der Waals surface area contributed by atoms with Crippen molar-refractivity contribution in [2.45, 2.75) is 31.3 Å². The van der Waals surface area contributed by atoms with Crippen LogP contribution in [0, 0.1) is 0 Å². The molecule has 0 aromatic heterocycles. The largest absolute Gasteiger partial charge is 0.480 e. The summed E-state index contributed by atoms with van der Waals surface area (Å²) in [4.78, 5) is 22.5. The van der Waals surface area contributed by atoms with Crippen molar-refractivity contribution in [1.82, 2.24) is 5.32 Å². The quantitative estimate of drug-likeness (QED) is 0.451. The van der Waals surface area contributed by atoms with Crippen LogP contribution >= 0.6 is 0 Å². The lowest BCUT2D eigenvalue weighted by Gasteiger charge is -2.17. The van der Waals surface area contributed by atoms with Crippen molar-refractivity contribution in [3.05, 3.63) is 0 Å². The minimum absolute atomic E-state index is 0.211. The Bertz CT molecular complexity index is 260. The molecule has 0 fully saturated rings. The third kappa shape index (κ3) is 7.21. The maximum atomic E-state index is 11.6. The third-order valence-electron chi connectivity index (χ3n) is 2.43. The molecule has 7 nitrogen and oxygen atoms in total. The van der Waals surface area contributed by atoms with Gasteiger partial charge in [0.2, 0.25) is 5.91 Å². The van der Waals surface area contributed by atoms with Crippen LogP contribution in [0.25, 0.3) is 0 Å². The fraction of sp³-hybridized carbons (Fsp3) is 0.818. The Morgan fingerprint density at radius 3 is 2.33 bits per heavy atom. The first kappa shape index (κ1) is 16.8. The average molecular weight is 262 g/mol. The summed E-state index contributed by atoms with van der Waals surface area (Å²) >= 11 is 0. The van der Waals surface area contributed by atoms with Gasteiger partial charge in [-0.15, -0.1) is 0 Å². The van der Waals surface area contributed by atoms with E-state index in [9.17, 15) is 9.59 Å². The Balaban J connectivity index is 4.10. The molecule has 106 valence electrons. The molecule has 0 saturated heterocycles. The highest BCUT2D eigenvalue weighted by Gasteiger charge is 2.22. The first-order valence-electron chi connectivity index (χ1n) is 5.79. The van der Waals surface area contributed by atoms with Crippen LogP contribution in [0.2, 0.25) is 0 Å². The zero-order valence-electron chi connectivity index (χ0n) is 10.8. The fourth-order valence-electron chi connectivity index (χ4n) is 1.35. The average Bonchev–Trinajstić information content (AvgIpc) is 2.33. The summed E-state index contributed by atoms with van der Waals surface area (Å²) < 4.78 is 9.63. The number of carboxylic acid groups (broad SMARTS) is 1. The number of ether oxygens (including phenoxy) is 2. The molecular weight excluding hydrogens is 240 g/mol. The molecule has 2 unspecified atom stereocenters. The summed E-state index contributed by atoms with van der Waals surface area (Å²) in [5.74, 6) is -1.56. The Kier molecular flexibility index (Phi) is 9.17. The van der Waals surface area contributed by atoms with Crippen LogP contribution in [0.1, 0.15) is 19.3 Å². The molecule has 0 radical (unpaired) electrons. The van der Waals surface area contributed by atoms with Crippen molar-refractivity contribution in [1.29, 1.82) is 0 Å². The van der Waals surface area contributed by atoms with Crippen molar-refractivity contribution in [3.8, 4) is 0 Å². The van der Waals surface area contributed by atoms with Gasteiger partial charge in [0.25, 0.3) is 0 Å². The second kappa shape index (κ2) is 9.81. The van der Waals surface area contributed by atoms with Gasteiger partial charge in [-0.2, -0.15) is 0 Å². The summed E-state index contributed by atoms with van der Waals surface area (Å²) in [6, 6.07) is -1.68. The number of methoxy groups -OCH3 is 2. The van der Waals surface area contributed by atoms with E-state index in [1.165, 1.54) is 7.11 Å². The molecule has 4 N–H and O–H groups in total. The molecule has 2 atom stereocenters. The zero-order valence-corrected chi connectivity index (χ0v) is 10.8. The number of amides is 1. The van der Waals surface area contributed by atoms with Crippen molar-refractivity contribution >= 4 is 11.9 Å². The summed E-state index contributed by atoms with van der Waals surface area (Å²) in [6.07, 6.45) is 1.32. The standard InChI is InChI=1S/C11H22N2O5/c1-17-6-3-4-8(12)10(14)13-9(11(15)16)5-7-18-2/h8-9H,3-7,12H2,1-2H3,(H,13,14)(H,15,16). The molecule has 1 amide bonds. The van der Waals surface area contributed by atoms with E-state index < -0.39 is 24.0 Å². The van der Waals surface area contributed by atoms with Crippen molar-refractivity contribution in [2.24, 2.45) is 5.73 Å². The molecule has 0 rings (SSSR count). The lowest BCUT2D eigenvalue weighted by atomic mass is 10.1.